The maximum atomic E-state index is 11.0. The smallest absolute Gasteiger partial charge is 0.417 e. The molecule has 0 aliphatic heterocycles. The third-order valence-electron chi connectivity index (χ3n) is 2.76. The fraction of sp³-hybridized carbons (Fsp3) is 0.333. The van der Waals surface area contributed by atoms with Crippen LogP contribution in [0.4, 0.5) is 0 Å². The maximum absolute atomic E-state index is 11.0. The lowest BCUT2D eigenvalue weighted by atomic mass is 10.0. The molecule has 0 fully saturated rings. The maximum Gasteiger partial charge on any atom is 0.417 e. The second-order valence-corrected chi connectivity index (χ2v) is 3.99. The van der Waals surface area contributed by atoms with Crippen LogP contribution < -0.4 is 11.5 Å². The predicted octanol–water partition coefficient (Wildman–Crippen LogP) is 1.07. The summed E-state index contributed by atoms with van der Waals surface area (Å²) in [5, 5.41) is 0. The SMILES string of the molecule is COC(=O)CCC(N)c1ccc2[nH]c(=O)oc2c1. The molecule has 2 aromatic rings. The zero-order valence-electron chi connectivity index (χ0n) is 9.93. The normalized spacial score (nSPS) is 12.6. The second kappa shape index (κ2) is 5.05. The summed E-state index contributed by atoms with van der Waals surface area (Å²) in [6.45, 7) is 0. The summed E-state index contributed by atoms with van der Waals surface area (Å²) < 4.78 is 9.50. The number of aromatic nitrogens is 1. The Balaban J connectivity index is 2.14. The molecule has 1 heterocycles. The van der Waals surface area contributed by atoms with Gasteiger partial charge in [-0.1, -0.05) is 6.07 Å². The Morgan fingerprint density at radius 1 is 1.56 bits per heavy atom. The summed E-state index contributed by atoms with van der Waals surface area (Å²) in [5.41, 5.74) is 7.86. The Kier molecular flexibility index (Phi) is 3.47. The first kappa shape index (κ1) is 12.4. The number of benzene rings is 1. The first-order valence-electron chi connectivity index (χ1n) is 5.55. The number of nitrogens with one attached hydrogen (secondary N) is 1. The zero-order valence-corrected chi connectivity index (χ0v) is 9.93. The number of esters is 1. The van der Waals surface area contributed by atoms with Gasteiger partial charge in [0.05, 0.1) is 12.6 Å². The Hall–Kier alpha value is -2.08. The van der Waals surface area contributed by atoms with E-state index in [1.807, 2.05) is 0 Å². The lowest BCUT2D eigenvalue weighted by Gasteiger charge is -2.10. The van der Waals surface area contributed by atoms with Crippen LogP contribution in [0.2, 0.25) is 0 Å². The quantitative estimate of drug-likeness (QED) is 0.791. The zero-order chi connectivity index (χ0) is 13.1. The number of ether oxygens (including phenoxy) is 1. The van der Waals surface area contributed by atoms with Crippen LogP contribution in [0.25, 0.3) is 11.1 Å². The molecule has 1 aromatic heterocycles. The number of fused-ring (bicyclic) bond motifs is 1. The minimum atomic E-state index is -0.495. The number of hydrogen-bond acceptors (Lipinski definition) is 5. The van der Waals surface area contributed by atoms with E-state index in [0.29, 0.717) is 17.5 Å². The fourth-order valence-electron chi connectivity index (χ4n) is 1.73. The van der Waals surface area contributed by atoms with Crippen LogP contribution in [-0.4, -0.2) is 18.1 Å². The van der Waals surface area contributed by atoms with Gasteiger partial charge in [-0.15, -0.1) is 0 Å². The van der Waals surface area contributed by atoms with Crippen LogP contribution >= 0.6 is 0 Å². The minimum absolute atomic E-state index is 0.257. The number of oxazole rings is 1. The lowest BCUT2D eigenvalue weighted by molar-refractivity contribution is -0.140. The van der Waals surface area contributed by atoms with Crippen molar-refractivity contribution in [3.8, 4) is 0 Å². The average Bonchev–Trinajstić information content (AvgIpc) is 2.74. The average molecular weight is 250 g/mol. The van der Waals surface area contributed by atoms with Gasteiger partial charge in [-0.05, 0) is 24.1 Å². The molecule has 0 saturated heterocycles. The minimum Gasteiger partial charge on any atom is -0.469 e. The van der Waals surface area contributed by atoms with Gasteiger partial charge >= 0.3 is 11.7 Å². The summed E-state index contributed by atoms with van der Waals surface area (Å²) in [5.74, 6) is -0.787. The van der Waals surface area contributed by atoms with Crippen LogP contribution in [0.5, 0.6) is 0 Å². The molecule has 1 atom stereocenters. The van der Waals surface area contributed by atoms with Crippen molar-refractivity contribution in [3.63, 3.8) is 0 Å². The van der Waals surface area contributed by atoms with E-state index >= 15 is 0 Å². The first-order chi connectivity index (χ1) is 8.60. The van der Waals surface area contributed by atoms with Crippen LogP contribution in [0.1, 0.15) is 24.4 Å². The van der Waals surface area contributed by atoms with Crippen molar-refractivity contribution in [2.24, 2.45) is 5.73 Å². The lowest BCUT2D eigenvalue weighted by Crippen LogP contribution is -2.12. The van der Waals surface area contributed by atoms with Crippen molar-refractivity contribution in [3.05, 3.63) is 34.3 Å². The van der Waals surface area contributed by atoms with Crippen molar-refractivity contribution in [1.29, 1.82) is 0 Å². The molecule has 0 spiro atoms. The highest BCUT2D eigenvalue weighted by atomic mass is 16.5. The van der Waals surface area contributed by atoms with Gasteiger partial charge in [0.25, 0.3) is 0 Å². The summed E-state index contributed by atoms with van der Waals surface area (Å²) in [6, 6.07) is 4.94. The van der Waals surface area contributed by atoms with Gasteiger partial charge < -0.3 is 14.9 Å². The fourth-order valence-corrected chi connectivity index (χ4v) is 1.73. The topological polar surface area (TPSA) is 98.3 Å². The number of hydrogen-bond donors (Lipinski definition) is 2. The van der Waals surface area contributed by atoms with Gasteiger partial charge in [0.15, 0.2) is 5.58 Å². The Labute approximate surface area is 103 Å². The third kappa shape index (κ3) is 2.60. The highest BCUT2D eigenvalue weighted by molar-refractivity contribution is 5.73. The monoisotopic (exact) mass is 250 g/mol. The Bertz CT molecular complexity index is 614. The van der Waals surface area contributed by atoms with Gasteiger partial charge in [0.2, 0.25) is 0 Å². The van der Waals surface area contributed by atoms with Crippen LogP contribution in [-0.2, 0) is 9.53 Å². The van der Waals surface area contributed by atoms with Crippen LogP contribution in [0, 0.1) is 0 Å². The van der Waals surface area contributed by atoms with Crippen molar-refractivity contribution in [2.45, 2.75) is 18.9 Å². The Morgan fingerprint density at radius 2 is 2.33 bits per heavy atom. The van der Waals surface area contributed by atoms with Gasteiger partial charge in [0.1, 0.15) is 0 Å². The van der Waals surface area contributed by atoms with E-state index < -0.39 is 5.76 Å². The van der Waals surface area contributed by atoms with Crippen molar-refractivity contribution < 1.29 is 13.9 Å². The largest absolute Gasteiger partial charge is 0.469 e. The van der Waals surface area contributed by atoms with E-state index in [9.17, 15) is 9.59 Å². The molecule has 96 valence electrons. The molecule has 0 amide bonds. The van der Waals surface area contributed by atoms with Crippen LogP contribution in [0.15, 0.2) is 27.4 Å². The summed E-state index contributed by atoms with van der Waals surface area (Å²) in [6.07, 6.45) is 0.736. The van der Waals surface area contributed by atoms with E-state index in [1.54, 1.807) is 18.2 Å². The van der Waals surface area contributed by atoms with Crippen molar-refractivity contribution in [1.82, 2.24) is 4.98 Å². The third-order valence-corrected chi connectivity index (χ3v) is 2.76. The molecule has 18 heavy (non-hydrogen) atoms. The molecular weight excluding hydrogens is 236 g/mol. The molecular formula is C12H14N2O4. The number of carbonyl (C=O) groups is 1. The number of rotatable bonds is 4. The number of H-pyrrole nitrogens is 1. The highest BCUT2D eigenvalue weighted by Crippen LogP contribution is 2.20. The molecule has 0 bridgehead atoms. The summed E-state index contributed by atoms with van der Waals surface area (Å²) >= 11 is 0. The molecule has 2 rings (SSSR count). The molecule has 1 unspecified atom stereocenters. The second-order valence-electron chi connectivity index (χ2n) is 3.99. The molecule has 6 heteroatoms. The van der Waals surface area contributed by atoms with E-state index in [0.717, 1.165) is 5.56 Å². The number of aromatic amines is 1. The van der Waals surface area contributed by atoms with E-state index in [1.165, 1.54) is 7.11 Å². The molecule has 1 aromatic carbocycles. The Morgan fingerprint density at radius 3 is 3.06 bits per heavy atom. The van der Waals surface area contributed by atoms with Gasteiger partial charge in [-0.25, -0.2) is 4.79 Å². The van der Waals surface area contributed by atoms with Crippen LogP contribution in [0.3, 0.4) is 0 Å². The van der Waals surface area contributed by atoms with Gasteiger partial charge in [-0.3, -0.25) is 9.78 Å². The molecule has 0 aliphatic rings. The molecule has 0 saturated carbocycles. The van der Waals surface area contributed by atoms with Crippen molar-refractivity contribution in [2.75, 3.05) is 7.11 Å². The molecule has 0 radical (unpaired) electrons. The number of nitrogens with two attached hydrogens (primary N) is 1. The van der Waals surface area contributed by atoms with Gasteiger partial charge in [0, 0.05) is 12.5 Å². The summed E-state index contributed by atoms with van der Waals surface area (Å²) in [4.78, 5) is 24.6. The molecule has 0 aliphatic carbocycles. The number of methoxy groups -OCH3 is 1. The molecule has 3 N–H and O–H groups in total. The summed E-state index contributed by atoms with van der Waals surface area (Å²) in [7, 11) is 1.34. The first-order valence-corrected chi connectivity index (χ1v) is 5.55. The predicted molar refractivity (Wildman–Crippen MR) is 65.0 cm³/mol. The standard InChI is InChI=1S/C12H14N2O4/c1-17-11(15)5-3-8(13)7-2-4-9-10(6-7)18-12(16)14-9/h2,4,6,8H,3,5,13H2,1H3,(H,14,16). The number of carbonyl (C=O) groups excluding carboxylic acids is 1. The van der Waals surface area contributed by atoms with E-state index in [4.69, 9.17) is 10.2 Å². The van der Waals surface area contributed by atoms with Gasteiger partial charge in [-0.2, -0.15) is 0 Å². The highest BCUT2D eigenvalue weighted by Gasteiger charge is 2.11. The van der Waals surface area contributed by atoms with E-state index in [2.05, 4.69) is 9.72 Å². The van der Waals surface area contributed by atoms with Crippen molar-refractivity contribution >= 4 is 17.1 Å². The van der Waals surface area contributed by atoms with E-state index in [-0.39, 0.29) is 18.4 Å². The molecule has 6 nitrogen and oxygen atoms in total.